The molecule has 4 nitrogen and oxygen atoms in total. The predicted octanol–water partition coefficient (Wildman–Crippen LogP) is 2.70. The lowest BCUT2D eigenvalue weighted by Gasteiger charge is -2.38. The van der Waals surface area contributed by atoms with Crippen LogP contribution in [-0.4, -0.2) is 42.7 Å². The van der Waals surface area contributed by atoms with Gasteiger partial charge in [0.1, 0.15) is 11.6 Å². The number of pyridine rings is 1. The second kappa shape index (κ2) is 6.20. The fourth-order valence-electron chi connectivity index (χ4n) is 3.49. The summed E-state index contributed by atoms with van der Waals surface area (Å²) in [5.41, 5.74) is 2.70. The van der Waals surface area contributed by atoms with Crippen LogP contribution >= 0.6 is 0 Å². The SMILES string of the molecule is C[C@@H](c1ccc2c(c1)OCC2)N1CCN(c2cc[c]cn2)CC1. The monoisotopic (exact) mass is 308 g/mol. The molecule has 0 saturated carbocycles. The van der Waals surface area contributed by atoms with Gasteiger partial charge in [-0.15, -0.1) is 0 Å². The van der Waals surface area contributed by atoms with Crippen molar-refractivity contribution in [3.05, 3.63) is 53.7 Å². The number of piperazine rings is 1. The number of fused-ring (bicyclic) bond motifs is 1. The van der Waals surface area contributed by atoms with Crippen LogP contribution in [-0.2, 0) is 6.42 Å². The van der Waals surface area contributed by atoms with Crippen LogP contribution in [0.5, 0.6) is 5.75 Å². The highest BCUT2D eigenvalue weighted by molar-refractivity contribution is 5.41. The van der Waals surface area contributed by atoms with Gasteiger partial charge in [0.15, 0.2) is 0 Å². The van der Waals surface area contributed by atoms with E-state index in [0.717, 1.165) is 50.8 Å². The van der Waals surface area contributed by atoms with Gasteiger partial charge in [-0.3, -0.25) is 4.90 Å². The van der Waals surface area contributed by atoms with Crippen molar-refractivity contribution in [2.45, 2.75) is 19.4 Å². The molecule has 1 aromatic carbocycles. The lowest BCUT2D eigenvalue weighted by Crippen LogP contribution is -2.47. The number of hydrogen-bond donors (Lipinski definition) is 0. The third kappa shape index (κ3) is 2.91. The number of rotatable bonds is 3. The summed E-state index contributed by atoms with van der Waals surface area (Å²) in [7, 11) is 0. The van der Waals surface area contributed by atoms with Crippen molar-refractivity contribution < 1.29 is 4.74 Å². The van der Waals surface area contributed by atoms with Crippen LogP contribution < -0.4 is 9.64 Å². The zero-order valence-corrected chi connectivity index (χ0v) is 13.5. The second-order valence-electron chi connectivity index (χ2n) is 6.28. The van der Waals surface area contributed by atoms with Crippen LogP contribution in [0.15, 0.2) is 36.5 Å². The Labute approximate surface area is 137 Å². The summed E-state index contributed by atoms with van der Waals surface area (Å²) in [5.74, 6) is 2.14. The van der Waals surface area contributed by atoms with Crippen LogP contribution in [0.1, 0.15) is 24.1 Å². The molecule has 0 aliphatic carbocycles. The Morgan fingerprint density at radius 3 is 2.83 bits per heavy atom. The van der Waals surface area contributed by atoms with Crippen LogP contribution in [0.4, 0.5) is 5.82 Å². The molecule has 2 aliphatic rings. The van der Waals surface area contributed by atoms with Gasteiger partial charge in [0.25, 0.3) is 0 Å². The van der Waals surface area contributed by atoms with Crippen molar-refractivity contribution in [3.8, 4) is 5.75 Å². The highest BCUT2D eigenvalue weighted by atomic mass is 16.5. The molecular formula is C19H22N3O. The number of nitrogens with zero attached hydrogens (tertiary/aromatic N) is 3. The number of benzene rings is 1. The molecule has 23 heavy (non-hydrogen) atoms. The van der Waals surface area contributed by atoms with E-state index in [0.29, 0.717) is 6.04 Å². The van der Waals surface area contributed by atoms with Crippen LogP contribution in [0.25, 0.3) is 0 Å². The average molecular weight is 308 g/mol. The zero-order chi connectivity index (χ0) is 15.6. The zero-order valence-electron chi connectivity index (χ0n) is 13.5. The third-order valence-electron chi connectivity index (χ3n) is 4.99. The normalized spacial score (nSPS) is 19.3. The summed E-state index contributed by atoms with van der Waals surface area (Å²) >= 11 is 0. The minimum Gasteiger partial charge on any atom is -0.493 e. The predicted molar refractivity (Wildman–Crippen MR) is 90.9 cm³/mol. The van der Waals surface area contributed by atoms with Crippen molar-refractivity contribution in [1.82, 2.24) is 9.88 Å². The lowest BCUT2D eigenvalue weighted by molar-refractivity contribution is 0.198. The minimum absolute atomic E-state index is 0.420. The molecule has 0 spiro atoms. The summed E-state index contributed by atoms with van der Waals surface area (Å²) in [5, 5.41) is 0. The van der Waals surface area contributed by atoms with E-state index in [1.165, 1.54) is 11.1 Å². The molecule has 4 heteroatoms. The van der Waals surface area contributed by atoms with Crippen molar-refractivity contribution in [1.29, 1.82) is 0 Å². The number of anilines is 1. The van der Waals surface area contributed by atoms with Gasteiger partial charge in [0.05, 0.1) is 6.61 Å². The largest absolute Gasteiger partial charge is 0.493 e. The Kier molecular flexibility index (Phi) is 3.92. The van der Waals surface area contributed by atoms with Crippen LogP contribution in [0, 0.1) is 6.07 Å². The molecule has 0 bridgehead atoms. The van der Waals surface area contributed by atoms with Gasteiger partial charge < -0.3 is 9.64 Å². The maximum absolute atomic E-state index is 5.71. The van der Waals surface area contributed by atoms with E-state index in [1.54, 1.807) is 6.20 Å². The molecule has 3 heterocycles. The molecule has 1 radical (unpaired) electrons. The fraction of sp³-hybridized carbons (Fsp3) is 0.421. The maximum atomic E-state index is 5.71. The topological polar surface area (TPSA) is 28.6 Å². The first-order chi connectivity index (χ1) is 11.3. The average Bonchev–Trinajstić information content (AvgIpc) is 3.10. The molecule has 1 saturated heterocycles. The van der Waals surface area contributed by atoms with Gasteiger partial charge in [0, 0.05) is 50.9 Å². The van der Waals surface area contributed by atoms with Crippen molar-refractivity contribution in [2.24, 2.45) is 0 Å². The molecule has 2 aromatic rings. The van der Waals surface area contributed by atoms with Gasteiger partial charge in [-0.05, 0) is 36.2 Å². The Balaban J connectivity index is 1.42. The molecule has 119 valence electrons. The van der Waals surface area contributed by atoms with Crippen molar-refractivity contribution in [3.63, 3.8) is 0 Å². The second-order valence-corrected chi connectivity index (χ2v) is 6.28. The smallest absolute Gasteiger partial charge is 0.128 e. The first kappa shape index (κ1) is 14.5. The Morgan fingerprint density at radius 1 is 1.17 bits per heavy atom. The van der Waals surface area contributed by atoms with Gasteiger partial charge in [0.2, 0.25) is 0 Å². The highest BCUT2D eigenvalue weighted by Gasteiger charge is 2.24. The van der Waals surface area contributed by atoms with Crippen molar-refractivity contribution in [2.75, 3.05) is 37.7 Å². The van der Waals surface area contributed by atoms with Gasteiger partial charge >= 0.3 is 0 Å². The fourth-order valence-corrected chi connectivity index (χ4v) is 3.49. The molecule has 0 N–H and O–H groups in total. The quantitative estimate of drug-likeness (QED) is 0.872. The third-order valence-corrected chi connectivity index (χ3v) is 4.99. The Hall–Kier alpha value is -2.07. The highest BCUT2D eigenvalue weighted by Crippen LogP contribution is 2.31. The lowest BCUT2D eigenvalue weighted by atomic mass is 10.0. The van der Waals surface area contributed by atoms with Crippen LogP contribution in [0.3, 0.4) is 0 Å². The first-order valence-corrected chi connectivity index (χ1v) is 8.38. The molecule has 4 rings (SSSR count). The molecule has 2 aliphatic heterocycles. The Morgan fingerprint density at radius 2 is 2.04 bits per heavy atom. The Bertz CT molecular complexity index is 666. The van der Waals surface area contributed by atoms with Gasteiger partial charge in [-0.2, -0.15) is 0 Å². The summed E-state index contributed by atoms with van der Waals surface area (Å²) in [4.78, 5) is 9.30. The molecule has 0 amide bonds. The first-order valence-electron chi connectivity index (χ1n) is 8.38. The molecule has 1 atom stereocenters. The van der Waals surface area contributed by atoms with E-state index in [9.17, 15) is 0 Å². The van der Waals surface area contributed by atoms with Gasteiger partial charge in [-0.1, -0.05) is 12.1 Å². The standard InChI is InChI=1S/C19H22N3O/c1-15(17-6-5-16-7-13-23-18(16)14-17)21-9-11-22(12-10-21)19-4-2-3-8-20-19/h2,4-6,8,14-15H,7,9-13H2,1H3/t15-/m0/s1. The van der Waals surface area contributed by atoms with Crippen molar-refractivity contribution >= 4 is 5.82 Å². The summed E-state index contributed by atoms with van der Waals surface area (Å²) in [6.45, 7) is 7.26. The molecule has 1 fully saturated rings. The summed E-state index contributed by atoms with van der Waals surface area (Å²) < 4.78 is 5.71. The van der Waals surface area contributed by atoms with E-state index in [4.69, 9.17) is 4.74 Å². The van der Waals surface area contributed by atoms with E-state index in [1.807, 2.05) is 12.1 Å². The van der Waals surface area contributed by atoms with Crippen LogP contribution in [0.2, 0.25) is 0 Å². The number of aromatic nitrogens is 1. The molecule has 0 unspecified atom stereocenters. The van der Waals surface area contributed by atoms with Gasteiger partial charge in [-0.25, -0.2) is 4.98 Å². The number of ether oxygens (including phenoxy) is 1. The minimum atomic E-state index is 0.420. The summed E-state index contributed by atoms with van der Waals surface area (Å²) in [6.07, 6.45) is 2.79. The molecular weight excluding hydrogens is 286 g/mol. The maximum Gasteiger partial charge on any atom is 0.128 e. The van der Waals surface area contributed by atoms with E-state index in [2.05, 4.69) is 46.0 Å². The van der Waals surface area contributed by atoms with E-state index < -0.39 is 0 Å². The molecule has 1 aromatic heterocycles. The van der Waals surface area contributed by atoms with E-state index in [-0.39, 0.29) is 0 Å². The van der Waals surface area contributed by atoms with E-state index >= 15 is 0 Å². The summed E-state index contributed by atoms with van der Waals surface area (Å²) in [6, 6.07) is 14.1. The number of hydrogen-bond acceptors (Lipinski definition) is 4.